The third-order valence-electron chi connectivity index (χ3n) is 3.93. The van der Waals surface area contributed by atoms with Gasteiger partial charge in [-0.15, -0.1) is 5.10 Å². The fraction of sp³-hybridized carbons (Fsp3) is 0.211. The van der Waals surface area contributed by atoms with Crippen LogP contribution in [0.1, 0.15) is 5.56 Å². The van der Waals surface area contributed by atoms with Gasteiger partial charge in [-0.3, -0.25) is 9.89 Å². The highest BCUT2D eigenvalue weighted by Gasteiger charge is 2.14. The number of carbonyl (C=O) groups excluding carboxylic acids is 1. The van der Waals surface area contributed by atoms with Crippen molar-refractivity contribution in [1.82, 2.24) is 20.1 Å². The third kappa shape index (κ3) is 5.02. The van der Waals surface area contributed by atoms with Gasteiger partial charge in [0.05, 0.1) is 12.9 Å². The summed E-state index contributed by atoms with van der Waals surface area (Å²) < 4.78 is 5.33. The van der Waals surface area contributed by atoms with Gasteiger partial charge in [-0.05, 0) is 30.3 Å². The molecule has 0 unspecified atom stereocenters. The van der Waals surface area contributed by atoms with Gasteiger partial charge in [0.25, 0.3) is 0 Å². The molecule has 0 radical (unpaired) electrons. The minimum absolute atomic E-state index is 0.0104. The number of thioether (sulfide) groups is 1. The van der Waals surface area contributed by atoms with Crippen molar-refractivity contribution in [3.8, 4) is 17.1 Å². The fourth-order valence-corrected chi connectivity index (χ4v) is 3.33. The number of hydrogen-bond donors (Lipinski definition) is 1. The number of aromatic amines is 1. The molecular weight excluding hydrogens is 384 g/mol. The van der Waals surface area contributed by atoms with Crippen LogP contribution in [0.2, 0.25) is 5.02 Å². The molecule has 1 aromatic heterocycles. The standard InChI is InChI=1S/C19H19ClN4O2S/c1-24(11-14-5-3-4-6-16(14)26-2)17(25)12-27-19-21-18(22-23-19)13-7-9-15(20)10-8-13/h3-10H,11-12H2,1-2H3,(H,21,22,23). The normalized spacial score (nSPS) is 10.6. The number of nitrogens with one attached hydrogen (secondary N) is 1. The van der Waals surface area contributed by atoms with Gasteiger partial charge in [0, 0.05) is 29.7 Å². The number of amides is 1. The molecule has 0 saturated heterocycles. The first-order chi connectivity index (χ1) is 13.1. The van der Waals surface area contributed by atoms with Gasteiger partial charge in [-0.2, -0.15) is 0 Å². The Balaban J connectivity index is 1.56. The summed E-state index contributed by atoms with van der Waals surface area (Å²) >= 11 is 7.19. The van der Waals surface area contributed by atoms with E-state index >= 15 is 0 Å². The van der Waals surface area contributed by atoms with Crippen LogP contribution in [-0.4, -0.2) is 45.9 Å². The van der Waals surface area contributed by atoms with Crippen LogP contribution < -0.4 is 4.74 Å². The smallest absolute Gasteiger partial charge is 0.233 e. The molecule has 140 valence electrons. The zero-order valence-electron chi connectivity index (χ0n) is 15.0. The van der Waals surface area contributed by atoms with E-state index in [4.69, 9.17) is 16.3 Å². The van der Waals surface area contributed by atoms with Crippen molar-refractivity contribution < 1.29 is 9.53 Å². The molecule has 0 aliphatic rings. The average Bonchev–Trinajstić information content (AvgIpc) is 3.16. The van der Waals surface area contributed by atoms with Crippen LogP contribution in [-0.2, 0) is 11.3 Å². The molecule has 6 nitrogen and oxygen atoms in total. The molecule has 3 rings (SSSR count). The first-order valence-electron chi connectivity index (χ1n) is 8.24. The summed E-state index contributed by atoms with van der Waals surface area (Å²) in [5, 5.41) is 8.23. The van der Waals surface area contributed by atoms with Gasteiger partial charge in [-0.1, -0.05) is 41.6 Å². The Morgan fingerprint density at radius 1 is 1.22 bits per heavy atom. The largest absolute Gasteiger partial charge is 0.496 e. The monoisotopic (exact) mass is 402 g/mol. The maximum absolute atomic E-state index is 12.4. The van der Waals surface area contributed by atoms with Gasteiger partial charge >= 0.3 is 0 Å². The predicted molar refractivity (Wildman–Crippen MR) is 107 cm³/mol. The number of para-hydroxylation sites is 1. The number of aromatic nitrogens is 3. The third-order valence-corrected chi connectivity index (χ3v) is 5.02. The maximum Gasteiger partial charge on any atom is 0.233 e. The summed E-state index contributed by atoms with van der Waals surface area (Å²) in [5.41, 5.74) is 1.85. The zero-order valence-corrected chi connectivity index (χ0v) is 16.5. The van der Waals surface area contributed by atoms with Gasteiger partial charge in [0.2, 0.25) is 11.1 Å². The van der Waals surface area contributed by atoms with Crippen molar-refractivity contribution in [3.05, 3.63) is 59.1 Å². The molecule has 27 heavy (non-hydrogen) atoms. The molecule has 0 spiro atoms. The molecular formula is C19H19ClN4O2S. The molecule has 0 fully saturated rings. The quantitative estimate of drug-likeness (QED) is 0.607. The molecule has 0 bridgehead atoms. The van der Waals surface area contributed by atoms with Crippen LogP contribution in [0.25, 0.3) is 11.4 Å². The maximum atomic E-state index is 12.4. The van der Waals surface area contributed by atoms with E-state index in [1.165, 1.54) is 11.8 Å². The summed E-state index contributed by atoms with van der Waals surface area (Å²) in [5.74, 6) is 1.66. The number of carbonyl (C=O) groups is 1. The van der Waals surface area contributed by atoms with Crippen LogP contribution in [0.3, 0.4) is 0 Å². The molecule has 0 atom stereocenters. The second-order valence-corrected chi connectivity index (χ2v) is 7.20. The van der Waals surface area contributed by atoms with Crippen LogP contribution in [0.15, 0.2) is 53.7 Å². The molecule has 1 amide bonds. The van der Waals surface area contributed by atoms with E-state index in [0.29, 0.717) is 22.5 Å². The van der Waals surface area contributed by atoms with E-state index in [9.17, 15) is 4.79 Å². The van der Waals surface area contributed by atoms with Crippen molar-refractivity contribution in [2.45, 2.75) is 11.7 Å². The van der Waals surface area contributed by atoms with Gasteiger partial charge in [0.1, 0.15) is 5.75 Å². The van der Waals surface area contributed by atoms with E-state index in [0.717, 1.165) is 16.9 Å². The van der Waals surface area contributed by atoms with Crippen LogP contribution >= 0.6 is 23.4 Å². The number of benzene rings is 2. The Bertz CT molecular complexity index is 914. The topological polar surface area (TPSA) is 71.1 Å². The number of ether oxygens (including phenoxy) is 1. The lowest BCUT2D eigenvalue weighted by molar-refractivity contribution is -0.127. The lowest BCUT2D eigenvalue weighted by Crippen LogP contribution is -2.28. The highest BCUT2D eigenvalue weighted by Crippen LogP contribution is 2.22. The summed E-state index contributed by atoms with van der Waals surface area (Å²) in [6, 6.07) is 15.0. The van der Waals surface area contributed by atoms with Crippen molar-refractivity contribution in [3.63, 3.8) is 0 Å². The van der Waals surface area contributed by atoms with Crippen molar-refractivity contribution >= 4 is 29.3 Å². The number of methoxy groups -OCH3 is 1. The van der Waals surface area contributed by atoms with Crippen molar-refractivity contribution in [1.29, 1.82) is 0 Å². The molecule has 8 heteroatoms. The summed E-state index contributed by atoms with van der Waals surface area (Å²) in [4.78, 5) is 18.5. The van der Waals surface area contributed by atoms with E-state index in [2.05, 4.69) is 15.2 Å². The molecule has 1 heterocycles. The second kappa shape index (κ2) is 8.92. The Kier molecular flexibility index (Phi) is 6.36. The summed E-state index contributed by atoms with van der Waals surface area (Å²) in [6.07, 6.45) is 0. The minimum Gasteiger partial charge on any atom is -0.496 e. The van der Waals surface area contributed by atoms with E-state index < -0.39 is 0 Å². The van der Waals surface area contributed by atoms with E-state index in [1.807, 2.05) is 36.4 Å². The Labute approximate surface area is 166 Å². The number of H-pyrrole nitrogens is 1. The molecule has 0 aliphatic heterocycles. The van der Waals surface area contributed by atoms with E-state index in [-0.39, 0.29) is 11.7 Å². The Morgan fingerprint density at radius 3 is 2.70 bits per heavy atom. The Hall–Kier alpha value is -2.51. The van der Waals surface area contributed by atoms with Gasteiger partial charge in [-0.25, -0.2) is 4.98 Å². The number of hydrogen-bond acceptors (Lipinski definition) is 5. The highest BCUT2D eigenvalue weighted by atomic mass is 35.5. The lowest BCUT2D eigenvalue weighted by Gasteiger charge is -2.18. The molecule has 0 aliphatic carbocycles. The molecule has 1 N–H and O–H groups in total. The number of halogens is 1. The Morgan fingerprint density at radius 2 is 1.96 bits per heavy atom. The minimum atomic E-state index is -0.0104. The predicted octanol–water partition coefficient (Wildman–Crippen LogP) is 3.88. The fourth-order valence-electron chi connectivity index (χ4n) is 2.46. The number of nitrogens with zero attached hydrogens (tertiary/aromatic N) is 3. The molecule has 2 aromatic carbocycles. The lowest BCUT2D eigenvalue weighted by atomic mass is 10.2. The first-order valence-corrected chi connectivity index (χ1v) is 9.60. The SMILES string of the molecule is COc1ccccc1CN(C)C(=O)CSc1n[nH]c(-c2ccc(Cl)cc2)n1. The average molecular weight is 403 g/mol. The van der Waals surface area contributed by atoms with Gasteiger partial charge < -0.3 is 9.64 Å². The van der Waals surface area contributed by atoms with Gasteiger partial charge in [0.15, 0.2) is 5.82 Å². The molecule has 3 aromatic rings. The summed E-state index contributed by atoms with van der Waals surface area (Å²) in [7, 11) is 3.39. The summed E-state index contributed by atoms with van der Waals surface area (Å²) in [6.45, 7) is 0.480. The van der Waals surface area contributed by atoms with E-state index in [1.54, 1.807) is 31.2 Å². The first kappa shape index (κ1) is 19.3. The van der Waals surface area contributed by atoms with Crippen LogP contribution in [0.5, 0.6) is 5.75 Å². The zero-order chi connectivity index (χ0) is 19.2. The van der Waals surface area contributed by atoms with Crippen LogP contribution in [0.4, 0.5) is 0 Å². The number of rotatable bonds is 7. The highest BCUT2D eigenvalue weighted by molar-refractivity contribution is 7.99. The molecule has 0 saturated carbocycles. The second-order valence-electron chi connectivity index (χ2n) is 5.82. The van der Waals surface area contributed by atoms with Crippen molar-refractivity contribution in [2.24, 2.45) is 0 Å². The van der Waals surface area contributed by atoms with Crippen LogP contribution in [0, 0.1) is 0 Å². The van der Waals surface area contributed by atoms with Crippen molar-refractivity contribution in [2.75, 3.05) is 19.9 Å².